The molecule has 0 amide bonds. The van der Waals surface area contributed by atoms with Gasteiger partial charge < -0.3 is 24.1 Å². The molecule has 1 aromatic carbocycles. The van der Waals surface area contributed by atoms with Crippen molar-refractivity contribution in [3.05, 3.63) is 35.9 Å². The first-order valence-corrected chi connectivity index (χ1v) is 7.20. The first kappa shape index (κ1) is 16.4. The highest BCUT2D eigenvalue weighted by atomic mass is 16.7. The number of methoxy groups -OCH3 is 2. The number of aliphatic hydroxyl groups is 1. The Labute approximate surface area is 125 Å². The second-order valence-corrected chi connectivity index (χ2v) is 5.27. The van der Waals surface area contributed by atoms with Crippen molar-refractivity contribution in [2.45, 2.75) is 50.7 Å². The summed E-state index contributed by atoms with van der Waals surface area (Å²) >= 11 is 0. The number of aliphatic hydroxyl groups excluding tert-OH is 1. The fourth-order valence-electron chi connectivity index (χ4n) is 2.29. The Bertz CT molecular complexity index is 406. The molecule has 5 nitrogen and oxygen atoms in total. The second kappa shape index (κ2) is 7.87. The highest BCUT2D eigenvalue weighted by Gasteiger charge is 2.47. The summed E-state index contributed by atoms with van der Waals surface area (Å²) in [5, 5.41) is 10.2. The first-order valence-electron chi connectivity index (χ1n) is 7.20. The zero-order valence-corrected chi connectivity index (χ0v) is 12.8. The standard InChI is InChI=1S/C16H24O5/c1-11(20-10-12-7-5-4-6-8-12)15(17)16-13(21-16)9-14(18-2)19-3/h4-8,11,13-17H,9-10H2,1-3H3/t11-,13+,15+,16-/m0/s1. The van der Waals surface area contributed by atoms with Gasteiger partial charge in [0.2, 0.25) is 0 Å². The highest BCUT2D eigenvalue weighted by molar-refractivity contribution is 5.13. The molecular formula is C16H24O5. The Kier molecular flexibility index (Phi) is 6.14. The minimum atomic E-state index is -0.645. The van der Waals surface area contributed by atoms with Crippen LogP contribution in [0.5, 0.6) is 0 Å². The zero-order valence-electron chi connectivity index (χ0n) is 12.8. The van der Waals surface area contributed by atoms with E-state index in [0.29, 0.717) is 13.0 Å². The first-order chi connectivity index (χ1) is 10.2. The van der Waals surface area contributed by atoms with Crippen LogP contribution in [0.25, 0.3) is 0 Å². The van der Waals surface area contributed by atoms with Crippen molar-refractivity contribution >= 4 is 0 Å². The lowest BCUT2D eigenvalue weighted by molar-refractivity contribution is -0.109. The van der Waals surface area contributed by atoms with Crippen molar-refractivity contribution in [2.24, 2.45) is 0 Å². The maximum atomic E-state index is 10.2. The average molecular weight is 296 g/mol. The van der Waals surface area contributed by atoms with E-state index in [9.17, 15) is 5.11 Å². The van der Waals surface area contributed by atoms with Crippen LogP contribution in [0.3, 0.4) is 0 Å². The third-order valence-electron chi connectivity index (χ3n) is 3.75. The number of ether oxygens (including phenoxy) is 4. The van der Waals surface area contributed by atoms with Crippen molar-refractivity contribution < 1.29 is 24.1 Å². The smallest absolute Gasteiger partial charge is 0.159 e. The third-order valence-corrected chi connectivity index (χ3v) is 3.75. The lowest BCUT2D eigenvalue weighted by Crippen LogP contribution is -2.32. The number of hydrogen-bond donors (Lipinski definition) is 1. The van der Waals surface area contributed by atoms with Gasteiger partial charge >= 0.3 is 0 Å². The Morgan fingerprint density at radius 1 is 1.19 bits per heavy atom. The summed E-state index contributed by atoms with van der Waals surface area (Å²) in [7, 11) is 3.18. The molecule has 21 heavy (non-hydrogen) atoms. The van der Waals surface area contributed by atoms with E-state index in [1.807, 2.05) is 37.3 Å². The normalized spacial score (nSPS) is 24.0. The monoisotopic (exact) mass is 296 g/mol. The minimum absolute atomic E-state index is 0.0346. The van der Waals surface area contributed by atoms with Crippen molar-refractivity contribution in [3.8, 4) is 0 Å². The fourth-order valence-corrected chi connectivity index (χ4v) is 2.29. The molecule has 1 heterocycles. The summed E-state index contributed by atoms with van der Waals surface area (Å²) in [6.07, 6.45) is -0.860. The Morgan fingerprint density at radius 2 is 1.86 bits per heavy atom. The molecule has 0 saturated carbocycles. The molecular weight excluding hydrogens is 272 g/mol. The summed E-state index contributed by atoms with van der Waals surface area (Å²) in [6, 6.07) is 9.89. The van der Waals surface area contributed by atoms with Crippen LogP contribution < -0.4 is 0 Å². The molecule has 1 aliphatic heterocycles. The zero-order chi connectivity index (χ0) is 15.2. The predicted molar refractivity (Wildman–Crippen MR) is 77.8 cm³/mol. The van der Waals surface area contributed by atoms with E-state index < -0.39 is 6.10 Å². The van der Waals surface area contributed by atoms with Gasteiger partial charge in [0.1, 0.15) is 12.2 Å². The lowest BCUT2D eigenvalue weighted by atomic mass is 10.1. The molecule has 0 spiro atoms. The summed E-state index contributed by atoms with van der Waals surface area (Å²) in [5.41, 5.74) is 1.09. The van der Waals surface area contributed by atoms with Gasteiger partial charge in [-0.05, 0) is 12.5 Å². The Morgan fingerprint density at radius 3 is 2.48 bits per heavy atom. The van der Waals surface area contributed by atoms with Crippen molar-refractivity contribution in [1.82, 2.24) is 0 Å². The molecule has 1 saturated heterocycles. The molecule has 118 valence electrons. The maximum Gasteiger partial charge on any atom is 0.159 e. The van der Waals surface area contributed by atoms with Crippen LogP contribution >= 0.6 is 0 Å². The van der Waals surface area contributed by atoms with E-state index in [1.165, 1.54) is 0 Å². The molecule has 0 unspecified atom stereocenters. The van der Waals surface area contributed by atoms with Gasteiger partial charge in [0.15, 0.2) is 6.29 Å². The molecule has 0 aromatic heterocycles. The Hall–Kier alpha value is -0.980. The summed E-state index contributed by atoms with van der Waals surface area (Å²) < 4.78 is 21.5. The van der Waals surface area contributed by atoms with Gasteiger partial charge in [-0.15, -0.1) is 0 Å². The third kappa shape index (κ3) is 4.76. The van der Waals surface area contributed by atoms with Gasteiger partial charge in [-0.1, -0.05) is 30.3 Å². The van der Waals surface area contributed by atoms with E-state index in [4.69, 9.17) is 18.9 Å². The molecule has 1 fully saturated rings. The molecule has 2 rings (SSSR count). The minimum Gasteiger partial charge on any atom is -0.388 e. The molecule has 4 atom stereocenters. The van der Waals surface area contributed by atoms with Crippen LogP contribution in [0.15, 0.2) is 30.3 Å². The Balaban J connectivity index is 1.72. The van der Waals surface area contributed by atoms with Crippen LogP contribution in [-0.2, 0) is 25.6 Å². The molecule has 0 aliphatic carbocycles. The summed E-state index contributed by atoms with van der Waals surface area (Å²) in [5.74, 6) is 0. The topological polar surface area (TPSA) is 60.5 Å². The molecule has 1 N–H and O–H groups in total. The van der Waals surface area contributed by atoms with Gasteiger partial charge in [0.25, 0.3) is 0 Å². The molecule has 1 aliphatic rings. The van der Waals surface area contributed by atoms with Crippen LogP contribution in [-0.4, -0.2) is 50.0 Å². The van der Waals surface area contributed by atoms with Crippen LogP contribution in [0, 0.1) is 0 Å². The van der Waals surface area contributed by atoms with E-state index in [2.05, 4.69) is 0 Å². The largest absolute Gasteiger partial charge is 0.388 e. The van der Waals surface area contributed by atoms with E-state index in [1.54, 1.807) is 14.2 Å². The second-order valence-electron chi connectivity index (χ2n) is 5.27. The number of hydrogen-bond acceptors (Lipinski definition) is 5. The molecule has 5 heteroatoms. The predicted octanol–water partition coefficient (Wildman–Crippen LogP) is 1.73. The lowest BCUT2D eigenvalue weighted by Gasteiger charge is -2.18. The number of rotatable bonds is 9. The number of benzene rings is 1. The van der Waals surface area contributed by atoms with Gasteiger partial charge in [0, 0.05) is 20.6 Å². The van der Waals surface area contributed by atoms with Crippen LogP contribution in [0.1, 0.15) is 18.9 Å². The molecule has 1 aromatic rings. The quantitative estimate of drug-likeness (QED) is 0.555. The van der Waals surface area contributed by atoms with E-state index in [0.717, 1.165) is 5.56 Å². The van der Waals surface area contributed by atoms with Gasteiger partial charge in [-0.2, -0.15) is 0 Å². The van der Waals surface area contributed by atoms with Crippen molar-refractivity contribution in [3.63, 3.8) is 0 Å². The van der Waals surface area contributed by atoms with Crippen LogP contribution in [0.2, 0.25) is 0 Å². The summed E-state index contributed by atoms with van der Waals surface area (Å²) in [6.45, 7) is 2.34. The molecule has 0 bridgehead atoms. The summed E-state index contributed by atoms with van der Waals surface area (Å²) in [4.78, 5) is 0. The van der Waals surface area contributed by atoms with Gasteiger partial charge in [0.05, 0.1) is 18.8 Å². The van der Waals surface area contributed by atoms with E-state index >= 15 is 0 Å². The van der Waals surface area contributed by atoms with Crippen molar-refractivity contribution in [2.75, 3.05) is 14.2 Å². The fraction of sp³-hybridized carbons (Fsp3) is 0.625. The maximum absolute atomic E-state index is 10.2. The van der Waals surface area contributed by atoms with Gasteiger partial charge in [-0.25, -0.2) is 0 Å². The van der Waals surface area contributed by atoms with Crippen molar-refractivity contribution in [1.29, 1.82) is 0 Å². The van der Waals surface area contributed by atoms with Crippen LogP contribution in [0.4, 0.5) is 0 Å². The molecule has 0 radical (unpaired) electrons. The SMILES string of the molecule is COC(C[C@H]1O[C@@H]1[C@H](O)[C@H](C)OCc1ccccc1)OC. The van der Waals surface area contributed by atoms with Gasteiger partial charge in [-0.3, -0.25) is 0 Å². The highest BCUT2D eigenvalue weighted by Crippen LogP contribution is 2.32. The average Bonchev–Trinajstić information content (AvgIpc) is 3.29. The van der Waals surface area contributed by atoms with E-state index in [-0.39, 0.29) is 24.6 Å². The number of epoxide rings is 1.